The Morgan fingerprint density at radius 3 is 2.42 bits per heavy atom. The molecule has 0 fully saturated rings. The van der Waals surface area contributed by atoms with E-state index in [0.29, 0.717) is 6.54 Å². The smallest absolute Gasteiger partial charge is 0.384 e. The maximum absolute atomic E-state index is 12.9. The van der Waals surface area contributed by atoms with Crippen LogP contribution in [-0.2, 0) is 17.5 Å². The Bertz CT molecular complexity index is 699. The van der Waals surface area contributed by atoms with Crippen LogP contribution in [0.3, 0.4) is 0 Å². The highest BCUT2D eigenvalue weighted by Crippen LogP contribution is 2.34. The highest BCUT2D eigenvalue weighted by Gasteiger charge is 2.32. The van der Waals surface area contributed by atoms with Crippen molar-refractivity contribution in [1.82, 2.24) is 5.32 Å². The summed E-state index contributed by atoms with van der Waals surface area (Å²) in [5.74, 6) is -0.213. The van der Waals surface area contributed by atoms with Crippen molar-refractivity contribution in [1.29, 1.82) is 0 Å². The van der Waals surface area contributed by atoms with E-state index in [0.717, 1.165) is 17.2 Å². The highest BCUT2D eigenvalue weighted by atomic mass is 19.4. The standard InChI is InChI=1S/C18H19F3N2O/c1-13-6-2-3-7-14(13)12-23-17(24)10-11-22-16-9-5-4-8-15(16)18(19,20)21/h2-9,22H,10-12H2,1H3,(H,23,24). The fraction of sp³-hybridized carbons (Fsp3) is 0.278. The number of carbonyl (C=O) groups excluding carboxylic acids is 1. The van der Waals surface area contributed by atoms with Gasteiger partial charge in [-0.25, -0.2) is 0 Å². The monoisotopic (exact) mass is 336 g/mol. The zero-order chi connectivity index (χ0) is 17.6. The van der Waals surface area contributed by atoms with Gasteiger partial charge in [-0.1, -0.05) is 36.4 Å². The van der Waals surface area contributed by atoms with Gasteiger partial charge in [-0.2, -0.15) is 13.2 Å². The number of hydrogen-bond acceptors (Lipinski definition) is 2. The lowest BCUT2D eigenvalue weighted by Crippen LogP contribution is -2.25. The molecule has 0 aromatic heterocycles. The Hall–Kier alpha value is -2.50. The molecule has 0 saturated carbocycles. The third-order valence-corrected chi connectivity index (χ3v) is 3.64. The maximum atomic E-state index is 12.9. The number of para-hydroxylation sites is 1. The van der Waals surface area contributed by atoms with Crippen molar-refractivity contribution in [3.63, 3.8) is 0 Å². The van der Waals surface area contributed by atoms with Crippen LogP contribution < -0.4 is 10.6 Å². The number of rotatable bonds is 6. The topological polar surface area (TPSA) is 41.1 Å². The molecule has 0 spiro atoms. The zero-order valence-electron chi connectivity index (χ0n) is 13.3. The van der Waals surface area contributed by atoms with Gasteiger partial charge in [0.2, 0.25) is 5.91 Å². The molecule has 2 rings (SSSR count). The molecule has 2 aromatic rings. The zero-order valence-corrected chi connectivity index (χ0v) is 13.3. The summed E-state index contributed by atoms with van der Waals surface area (Å²) in [5.41, 5.74) is 1.35. The molecule has 0 aliphatic carbocycles. The first-order chi connectivity index (χ1) is 11.4. The highest BCUT2D eigenvalue weighted by molar-refractivity contribution is 5.76. The molecule has 0 saturated heterocycles. The van der Waals surface area contributed by atoms with Crippen molar-refractivity contribution in [3.8, 4) is 0 Å². The predicted molar refractivity (Wildman–Crippen MR) is 87.6 cm³/mol. The number of alkyl halides is 3. The Morgan fingerprint density at radius 2 is 1.71 bits per heavy atom. The van der Waals surface area contributed by atoms with Gasteiger partial charge in [-0.05, 0) is 30.2 Å². The SMILES string of the molecule is Cc1ccccc1CNC(=O)CCNc1ccccc1C(F)(F)F. The minimum absolute atomic E-state index is 0.0169. The Morgan fingerprint density at radius 1 is 1.04 bits per heavy atom. The summed E-state index contributed by atoms with van der Waals surface area (Å²) in [6, 6.07) is 12.9. The molecule has 2 aromatic carbocycles. The molecule has 0 aliphatic heterocycles. The normalized spacial score (nSPS) is 11.2. The summed E-state index contributed by atoms with van der Waals surface area (Å²) < 4.78 is 38.6. The number of benzene rings is 2. The van der Waals surface area contributed by atoms with Gasteiger partial charge in [-0.3, -0.25) is 4.79 Å². The van der Waals surface area contributed by atoms with E-state index in [9.17, 15) is 18.0 Å². The summed E-state index contributed by atoms with van der Waals surface area (Å²) in [5, 5.41) is 5.45. The lowest BCUT2D eigenvalue weighted by Gasteiger charge is -2.14. The number of halogens is 3. The van der Waals surface area contributed by atoms with Crippen molar-refractivity contribution in [2.75, 3.05) is 11.9 Å². The molecule has 0 heterocycles. The molecule has 0 aliphatic rings. The van der Waals surface area contributed by atoms with Crippen molar-refractivity contribution in [2.24, 2.45) is 0 Å². The van der Waals surface area contributed by atoms with Gasteiger partial charge >= 0.3 is 6.18 Å². The van der Waals surface area contributed by atoms with Crippen molar-refractivity contribution < 1.29 is 18.0 Å². The van der Waals surface area contributed by atoms with Crippen molar-refractivity contribution in [2.45, 2.75) is 26.1 Å². The van der Waals surface area contributed by atoms with E-state index in [1.165, 1.54) is 18.2 Å². The third-order valence-electron chi connectivity index (χ3n) is 3.64. The molecule has 1 amide bonds. The van der Waals surface area contributed by atoms with Gasteiger partial charge in [0.25, 0.3) is 0 Å². The fourth-order valence-corrected chi connectivity index (χ4v) is 2.29. The van der Waals surface area contributed by atoms with E-state index in [2.05, 4.69) is 10.6 Å². The van der Waals surface area contributed by atoms with E-state index in [1.54, 1.807) is 0 Å². The lowest BCUT2D eigenvalue weighted by atomic mass is 10.1. The Kier molecular flexibility index (Phi) is 5.84. The number of carbonyl (C=O) groups is 1. The average Bonchev–Trinajstić information content (AvgIpc) is 2.53. The van der Waals surface area contributed by atoms with Crippen LogP contribution in [0.1, 0.15) is 23.1 Å². The Labute approximate surface area is 138 Å². The number of amides is 1. The van der Waals surface area contributed by atoms with E-state index < -0.39 is 11.7 Å². The largest absolute Gasteiger partial charge is 0.418 e. The molecule has 0 bridgehead atoms. The van der Waals surface area contributed by atoms with Crippen LogP contribution in [0, 0.1) is 6.92 Å². The summed E-state index contributed by atoms with van der Waals surface area (Å²) in [4.78, 5) is 11.8. The van der Waals surface area contributed by atoms with Gasteiger partial charge in [-0.15, -0.1) is 0 Å². The molecule has 0 atom stereocenters. The Balaban J connectivity index is 1.82. The molecule has 0 unspecified atom stereocenters. The number of hydrogen-bond donors (Lipinski definition) is 2. The third kappa shape index (κ3) is 5.01. The first-order valence-corrected chi connectivity index (χ1v) is 7.59. The first-order valence-electron chi connectivity index (χ1n) is 7.59. The number of anilines is 1. The van der Waals surface area contributed by atoms with E-state index in [4.69, 9.17) is 0 Å². The van der Waals surface area contributed by atoms with Gasteiger partial charge in [0.05, 0.1) is 5.56 Å². The second-order valence-electron chi connectivity index (χ2n) is 5.42. The van der Waals surface area contributed by atoms with Crippen molar-refractivity contribution >= 4 is 11.6 Å². The van der Waals surface area contributed by atoms with Crippen LogP contribution in [0.4, 0.5) is 18.9 Å². The second kappa shape index (κ2) is 7.86. The minimum atomic E-state index is -4.42. The van der Waals surface area contributed by atoms with Crippen molar-refractivity contribution in [3.05, 3.63) is 65.2 Å². The average molecular weight is 336 g/mol. The number of nitrogens with one attached hydrogen (secondary N) is 2. The second-order valence-corrected chi connectivity index (χ2v) is 5.42. The molecule has 128 valence electrons. The van der Waals surface area contributed by atoms with Gasteiger partial charge in [0, 0.05) is 25.2 Å². The number of aryl methyl sites for hydroxylation is 1. The predicted octanol–water partition coefficient (Wildman–Crippen LogP) is 4.13. The molecule has 3 nitrogen and oxygen atoms in total. The van der Waals surface area contributed by atoms with Crippen LogP contribution in [0.25, 0.3) is 0 Å². The summed E-state index contributed by atoms with van der Waals surface area (Å²) in [6.45, 7) is 2.49. The first kappa shape index (κ1) is 17.8. The molecule has 2 N–H and O–H groups in total. The van der Waals surface area contributed by atoms with E-state index >= 15 is 0 Å². The summed E-state index contributed by atoms with van der Waals surface area (Å²) in [6.07, 6.45) is -4.32. The van der Waals surface area contributed by atoms with Crippen LogP contribution in [0.2, 0.25) is 0 Å². The maximum Gasteiger partial charge on any atom is 0.418 e. The van der Waals surface area contributed by atoms with E-state index in [-0.39, 0.29) is 24.6 Å². The van der Waals surface area contributed by atoms with Gasteiger partial charge < -0.3 is 10.6 Å². The van der Waals surface area contributed by atoms with Crippen LogP contribution in [0.5, 0.6) is 0 Å². The van der Waals surface area contributed by atoms with Gasteiger partial charge in [0.1, 0.15) is 0 Å². The van der Waals surface area contributed by atoms with Crippen LogP contribution >= 0.6 is 0 Å². The van der Waals surface area contributed by atoms with Crippen LogP contribution in [-0.4, -0.2) is 12.5 Å². The molecular formula is C18H19F3N2O. The summed E-state index contributed by atoms with van der Waals surface area (Å²) >= 11 is 0. The van der Waals surface area contributed by atoms with E-state index in [1.807, 2.05) is 31.2 Å². The molecular weight excluding hydrogens is 317 g/mol. The minimum Gasteiger partial charge on any atom is -0.384 e. The lowest BCUT2D eigenvalue weighted by molar-refractivity contribution is -0.137. The summed E-state index contributed by atoms with van der Waals surface area (Å²) in [7, 11) is 0. The molecule has 24 heavy (non-hydrogen) atoms. The fourth-order valence-electron chi connectivity index (χ4n) is 2.29. The van der Waals surface area contributed by atoms with Gasteiger partial charge in [0.15, 0.2) is 0 Å². The molecule has 0 radical (unpaired) electrons. The van der Waals surface area contributed by atoms with Crippen LogP contribution in [0.15, 0.2) is 48.5 Å². The molecule has 6 heteroatoms. The quantitative estimate of drug-likeness (QED) is 0.833.